The molecular formula is C6H3Cl2N2O4P. The van der Waals surface area contributed by atoms with Crippen molar-refractivity contribution in [2.75, 3.05) is 5.17 Å². The van der Waals surface area contributed by atoms with E-state index in [1.807, 2.05) is 0 Å². The number of nitrogens with zero attached hydrogens (tertiary/aromatic N) is 2. The van der Waals surface area contributed by atoms with Gasteiger partial charge in [0.2, 0.25) is 0 Å². The lowest BCUT2D eigenvalue weighted by Gasteiger charge is -2.21. The van der Waals surface area contributed by atoms with E-state index in [2.05, 4.69) is 9.25 Å². The number of phosphoric acid groups is 1. The van der Waals surface area contributed by atoms with Crippen molar-refractivity contribution in [1.82, 2.24) is 5.34 Å². The van der Waals surface area contributed by atoms with Gasteiger partial charge in [-0.25, -0.2) is 4.57 Å². The monoisotopic (exact) mass is 268 g/mol. The predicted octanol–water partition coefficient (Wildman–Crippen LogP) is 2.95. The minimum absolute atomic E-state index is 0.368. The van der Waals surface area contributed by atoms with Gasteiger partial charge in [0.05, 0.1) is 10.4 Å². The van der Waals surface area contributed by atoms with Crippen LogP contribution in [0, 0.1) is 0 Å². The first kappa shape index (κ1) is 9.86. The SMILES string of the molecule is O=P12ON(O1)N(c1cc(Cl)ccc1Cl)O2. The number of hydrogen-bond acceptors (Lipinski definition) is 6. The third-order valence-electron chi connectivity index (χ3n) is 1.78. The number of fused-ring (bicyclic) bond motifs is 1. The molecule has 1 aromatic carbocycles. The van der Waals surface area contributed by atoms with Gasteiger partial charge in [-0.1, -0.05) is 23.2 Å². The Morgan fingerprint density at radius 2 is 1.93 bits per heavy atom. The zero-order valence-electron chi connectivity index (χ0n) is 6.96. The summed E-state index contributed by atoms with van der Waals surface area (Å²) in [5.41, 5.74) is 0.388. The van der Waals surface area contributed by atoms with Crippen LogP contribution in [0.4, 0.5) is 5.69 Å². The van der Waals surface area contributed by atoms with Gasteiger partial charge in [-0.05, 0) is 18.2 Å². The van der Waals surface area contributed by atoms with Crippen molar-refractivity contribution in [3.05, 3.63) is 28.2 Å². The highest BCUT2D eigenvalue weighted by Gasteiger charge is 2.60. The van der Waals surface area contributed by atoms with E-state index in [1.165, 1.54) is 6.07 Å². The highest BCUT2D eigenvalue weighted by atomic mass is 35.5. The van der Waals surface area contributed by atoms with Gasteiger partial charge in [-0.2, -0.15) is 0 Å². The summed E-state index contributed by atoms with van der Waals surface area (Å²) in [6.45, 7) is 0. The molecule has 0 spiro atoms. The molecule has 0 radical (unpaired) electrons. The Morgan fingerprint density at radius 1 is 1.20 bits per heavy atom. The maximum absolute atomic E-state index is 11.2. The summed E-state index contributed by atoms with van der Waals surface area (Å²) in [7, 11) is -3.41. The number of halogens is 2. The van der Waals surface area contributed by atoms with Gasteiger partial charge in [0.1, 0.15) is 5.69 Å². The normalized spacial score (nSPS) is 32.9. The Labute approximate surface area is 94.3 Å². The van der Waals surface area contributed by atoms with Gasteiger partial charge in [-0.15, -0.1) is 19.0 Å². The highest BCUT2D eigenvalue weighted by Crippen LogP contribution is 2.67. The summed E-state index contributed by atoms with van der Waals surface area (Å²) in [5, 5.41) is 2.70. The Bertz CT molecular complexity index is 474. The molecule has 0 amide bonds. The van der Waals surface area contributed by atoms with Gasteiger partial charge < -0.3 is 0 Å². The van der Waals surface area contributed by atoms with E-state index in [-0.39, 0.29) is 0 Å². The third-order valence-corrected chi connectivity index (χ3v) is 3.37. The Morgan fingerprint density at radius 3 is 2.53 bits per heavy atom. The number of rotatable bonds is 1. The molecule has 3 fully saturated rings. The summed E-state index contributed by atoms with van der Waals surface area (Å²) in [5.74, 6) is 0. The molecule has 6 nitrogen and oxygen atoms in total. The molecule has 3 aliphatic rings. The first-order chi connectivity index (χ1) is 7.07. The molecule has 0 unspecified atom stereocenters. The molecule has 0 atom stereocenters. The Balaban J connectivity index is 2.00. The van der Waals surface area contributed by atoms with Gasteiger partial charge in [-0.3, -0.25) is 0 Å². The molecule has 4 rings (SSSR count). The number of hydrazine groups is 1. The number of benzene rings is 1. The fraction of sp³-hybridized carbons (Fsp3) is 0. The van der Waals surface area contributed by atoms with Crippen LogP contribution in [-0.2, 0) is 18.4 Å². The molecule has 0 aliphatic carbocycles. The molecular weight excluding hydrogens is 266 g/mol. The van der Waals surface area contributed by atoms with Crippen molar-refractivity contribution < 1.29 is 18.4 Å². The van der Waals surface area contributed by atoms with Crippen molar-refractivity contribution in [2.24, 2.45) is 0 Å². The first-order valence-corrected chi connectivity index (χ1v) is 6.03. The van der Waals surface area contributed by atoms with Crippen LogP contribution in [0.1, 0.15) is 0 Å². The van der Waals surface area contributed by atoms with Crippen LogP contribution in [0.2, 0.25) is 10.0 Å². The zero-order valence-corrected chi connectivity index (χ0v) is 9.37. The van der Waals surface area contributed by atoms with E-state index in [9.17, 15) is 4.57 Å². The summed E-state index contributed by atoms with van der Waals surface area (Å²) < 4.78 is 25.4. The minimum Gasteiger partial charge on any atom is -0.222 e. The first-order valence-electron chi connectivity index (χ1n) is 3.82. The second-order valence-corrected chi connectivity index (χ2v) is 5.03. The Hall–Kier alpha value is -0.330. The molecule has 3 saturated heterocycles. The van der Waals surface area contributed by atoms with E-state index in [4.69, 9.17) is 27.8 Å². The minimum atomic E-state index is -3.41. The quantitative estimate of drug-likeness (QED) is 0.730. The molecule has 0 saturated carbocycles. The lowest BCUT2D eigenvalue weighted by atomic mass is 10.3. The molecule has 3 aliphatic heterocycles. The average Bonchev–Trinajstić information content (AvgIpc) is 2.62. The van der Waals surface area contributed by atoms with Crippen molar-refractivity contribution in [2.45, 2.75) is 0 Å². The van der Waals surface area contributed by atoms with Gasteiger partial charge in [0, 0.05) is 5.02 Å². The van der Waals surface area contributed by atoms with E-state index in [1.54, 1.807) is 12.1 Å². The van der Waals surface area contributed by atoms with Gasteiger partial charge >= 0.3 is 7.82 Å². The highest BCUT2D eigenvalue weighted by molar-refractivity contribution is 7.49. The molecule has 9 heteroatoms. The molecule has 2 bridgehead atoms. The average molecular weight is 269 g/mol. The second kappa shape index (κ2) is 3.09. The molecule has 0 aromatic heterocycles. The predicted molar refractivity (Wildman–Crippen MR) is 51.6 cm³/mol. The number of hydrogen-bond donors (Lipinski definition) is 0. The summed E-state index contributed by atoms with van der Waals surface area (Å²) in [4.78, 5) is 0. The fourth-order valence-electron chi connectivity index (χ4n) is 1.16. The molecule has 3 heterocycles. The smallest absolute Gasteiger partial charge is 0.222 e. The van der Waals surface area contributed by atoms with Crippen LogP contribution in [0.15, 0.2) is 18.2 Å². The number of anilines is 1. The molecule has 15 heavy (non-hydrogen) atoms. The Kier molecular flexibility index (Phi) is 2.03. The van der Waals surface area contributed by atoms with Crippen LogP contribution in [0.5, 0.6) is 0 Å². The summed E-state index contributed by atoms with van der Waals surface area (Å²) >= 11 is 11.7. The van der Waals surface area contributed by atoms with Crippen molar-refractivity contribution in [3.63, 3.8) is 0 Å². The van der Waals surface area contributed by atoms with Gasteiger partial charge in [0.25, 0.3) is 0 Å². The van der Waals surface area contributed by atoms with E-state index in [0.29, 0.717) is 15.7 Å². The maximum atomic E-state index is 11.2. The largest absolute Gasteiger partial charge is 0.538 e. The van der Waals surface area contributed by atoms with Crippen LogP contribution in [-0.4, -0.2) is 5.34 Å². The fourth-order valence-corrected chi connectivity index (χ4v) is 2.40. The van der Waals surface area contributed by atoms with Crippen molar-refractivity contribution in [3.8, 4) is 0 Å². The topological polar surface area (TPSA) is 51.2 Å². The molecule has 80 valence electrons. The third kappa shape index (κ3) is 1.46. The van der Waals surface area contributed by atoms with Crippen molar-refractivity contribution in [1.29, 1.82) is 0 Å². The molecule has 0 N–H and O–H groups in total. The maximum Gasteiger partial charge on any atom is 0.538 e. The van der Waals surface area contributed by atoms with Crippen LogP contribution in [0.3, 0.4) is 0 Å². The zero-order chi connectivity index (χ0) is 10.6. The second-order valence-electron chi connectivity index (χ2n) is 2.80. The lowest BCUT2D eigenvalue weighted by molar-refractivity contribution is -0.318. The standard InChI is InChI=1S/C6H3Cl2N2O4P/c7-4-1-2-5(8)6(3-4)9-10-13-15(11,12-9)14-10/h1-3H. The van der Waals surface area contributed by atoms with Gasteiger partial charge in [0.15, 0.2) is 0 Å². The van der Waals surface area contributed by atoms with Crippen LogP contribution >= 0.6 is 31.0 Å². The van der Waals surface area contributed by atoms with Crippen LogP contribution < -0.4 is 5.17 Å². The summed E-state index contributed by atoms with van der Waals surface area (Å²) in [6.07, 6.45) is 0. The van der Waals surface area contributed by atoms with E-state index in [0.717, 1.165) is 10.5 Å². The lowest BCUT2D eigenvalue weighted by Crippen LogP contribution is -2.34. The van der Waals surface area contributed by atoms with E-state index < -0.39 is 7.82 Å². The summed E-state index contributed by atoms with van der Waals surface area (Å²) in [6, 6.07) is 4.73. The van der Waals surface area contributed by atoms with Crippen LogP contribution in [0.25, 0.3) is 0 Å². The van der Waals surface area contributed by atoms with E-state index >= 15 is 0 Å². The molecule has 1 aromatic rings. The van der Waals surface area contributed by atoms with Crippen molar-refractivity contribution >= 4 is 36.7 Å².